The number of aromatic nitrogens is 10. The van der Waals surface area contributed by atoms with E-state index in [9.17, 15) is 33.9 Å². The third-order valence-electron chi connectivity index (χ3n) is 14.7. The maximum atomic E-state index is 13.5. The first-order valence-electron chi connectivity index (χ1n) is 26.6. The Balaban J connectivity index is 0.000000157. The molecule has 0 bridgehead atoms. The number of amides is 4. The molecule has 414 valence electrons. The number of aryl methyl sites for hydroxylation is 4. The van der Waals surface area contributed by atoms with Crippen molar-refractivity contribution in [3.63, 3.8) is 0 Å². The van der Waals surface area contributed by atoms with Gasteiger partial charge in [-0.05, 0) is 130 Å². The molecule has 79 heavy (non-hydrogen) atoms. The molecular weight excluding hydrogens is 1010 g/mol. The van der Waals surface area contributed by atoms with Crippen LogP contribution in [0, 0.1) is 39.5 Å². The van der Waals surface area contributed by atoms with Gasteiger partial charge in [-0.3, -0.25) is 28.8 Å². The predicted octanol–water partition coefficient (Wildman–Crippen LogP) is 6.70. The Kier molecular flexibility index (Phi) is 18.0. The summed E-state index contributed by atoms with van der Waals surface area (Å²) >= 11 is 0. The Morgan fingerprint density at radius 2 is 0.924 bits per heavy atom. The summed E-state index contributed by atoms with van der Waals surface area (Å²) in [6.45, 7) is 16.4. The molecule has 3 saturated heterocycles. The molecule has 0 spiro atoms. The second-order valence-electron chi connectivity index (χ2n) is 20.8. The highest BCUT2D eigenvalue weighted by Crippen LogP contribution is 2.33. The van der Waals surface area contributed by atoms with E-state index < -0.39 is 11.9 Å². The fraction of sp³-hybridized carbons (Fsp3) is 0.421. The molecule has 6 atom stereocenters. The number of piperidine rings is 3. The van der Waals surface area contributed by atoms with Gasteiger partial charge in [0, 0.05) is 37.8 Å². The Bertz CT molecular complexity index is 3260. The molecule has 0 radical (unpaired) electrons. The third-order valence-corrected chi connectivity index (χ3v) is 14.7. The number of hydrogen-bond acceptors (Lipinski definition) is 14. The molecular formula is C57H68N14O8. The van der Waals surface area contributed by atoms with Crippen LogP contribution in [0.4, 0.5) is 0 Å². The van der Waals surface area contributed by atoms with Crippen molar-refractivity contribution in [1.29, 1.82) is 0 Å². The normalized spacial score (nSPS) is 20.0. The monoisotopic (exact) mass is 1080 g/mol. The van der Waals surface area contributed by atoms with E-state index in [1.807, 2.05) is 95.0 Å². The van der Waals surface area contributed by atoms with Crippen LogP contribution in [-0.4, -0.2) is 149 Å². The minimum Gasteiger partial charge on any atom is -0.481 e. The molecule has 2 N–H and O–H groups in total. The van der Waals surface area contributed by atoms with Crippen LogP contribution in [0.15, 0.2) is 102 Å². The molecule has 10 rings (SSSR count). The molecule has 4 aromatic heterocycles. The molecule has 22 nitrogen and oxygen atoms in total. The summed E-state index contributed by atoms with van der Waals surface area (Å²) in [6, 6.07) is 17.0. The molecule has 3 aromatic carbocycles. The van der Waals surface area contributed by atoms with Crippen LogP contribution in [0.2, 0.25) is 0 Å². The second kappa shape index (κ2) is 25.2. The smallest absolute Gasteiger partial charge is 0.308 e. The van der Waals surface area contributed by atoms with Crippen LogP contribution < -0.4 is 5.32 Å². The molecule has 0 unspecified atom stereocenters. The predicted molar refractivity (Wildman–Crippen MR) is 290 cm³/mol. The summed E-state index contributed by atoms with van der Waals surface area (Å²) in [7, 11) is 0. The van der Waals surface area contributed by atoms with Crippen LogP contribution in [0.3, 0.4) is 0 Å². The number of likely N-dealkylation sites (tertiary alicyclic amines) is 3. The molecule has 7 heterocycles. The van der Waals surface area contributed by atoms with Crippen LogP contribution in [0.25, 0.3) is 17.1 Å². The summed E-state index contributed by atoms with van der Waals surface area (Å²) in [5.74, 6) is -0.657. The number of carbonyl (C=O) groups is 6. The lowest BCUT2D eigenvalue weighted by atomic mass is 9.91. The van der Waals surface area contributed by atoms with Crippen molar-refractivity contribution in [3.8, 4) is 17.1 Å². The van der Waals surface area contributed by atoms with E-state index in [-0.39, 0.29) is 72.5 Å². The van der Waals surface area contributed by atoms with E-state index >= 15 is 0 Å². The maximum absolute atomic E-state index is 13.5. The molecule has 4 amide bonds. The van der Waals surface area contributed by atoms with E-state index in [0.717, 1.165) is 47.6 Å². The number of carbonyl (C=O) groups excluding carboxylic acids is 5. The highest BCUT2D eigenvalue weighted by Gasteiger charge is 2.37. The number of benzene rings is 3. The van der Waals surface area contributed by atoms with Crippen LogP contribution in [0.1, 0.15) is 132 Å². The quantitative estimate of drug-likeness (QED) is 0.136. The minimum absolute atomic E-state index is 0.00652. The molecule has 7 aromatic rings. The number of nitrogens with one attached hydrogen (secondary N) is 1. The number of rotatable bonds is 11. The lowest BCUT2D eigenvalue weighted by Gasteiger charge is -2.37. The first-order chi connectivity index (χ1) is 37.9. The number of oxazole rings is 1. The number of hydrogen-bond donors (Lipinski definition) is 2. The van der Waals surface area contributed by atoms with Gasteiger partial charge in [0.15, 0.2) is 5.89 Å². The average Bonchev–Trinajstić information content (AvgIpc) is 4.37. The van der Waals surface area contributed by atoms with E-state index in [4.69, 9.17) is 4.42 Å². The number of carboxylic acids is 1. The summed E-state index contributed by atoms with van der Waals surface area (Å²) in [5, 5.41) is 36.8. The first kappa shape index (κ1) is 56.5. The fourth-order valence-electron chi connectivity index (χ4n) is 10.2. The van der Waals surface area contributed by atoms with Crippen molar-refractivity contribution in [1.82, 2.24) is 70.0 Å². The van der Waals surface area contributed by atoms with Gasteiger partial charge in [0.25, 0.3) is 17.7 Å². The molecule has 3 aliphatic heterocycles. The van der Waals surface area contributed by atoms with E-state index in [0.29, 0.717) is 66.1 Å². The van der Waals surface area contributed by atoms with E-state index in [1.165, 1.54) is 21.3 Å². The van der Waals surface area contributed by atoms with Gasteiger partial charge >= 0.3 is 5.97 Å². The lowest BCUT2D eigenvalue weighted by Crippen LogP contribution is -2.50. The molecule has 0 aliphatic carbocycles. The highest BCUT2D eigenvalue weighted by molar-refractivity contribution is 6.00. The van der Waals surface area contributed by atoms with Crippen molar-refractivity contribution in [2.24, 2.45) is 11.8 Å². The third kappa shape index (κ3) is 13.5. The number of nitrogens with zero attached hydrogens (tertiary/aromatic N) is 13. The number of aliphatic carboxylic acids is 1. The van der Waals surface area contributed by atoms with Crippen molar-refractivity contribution >= 4 is 35.4 Å². The number of carboxylic acid groups (broad SMARTS) is 1. The Labute approximate surface area is 458 Å². The second-order valence-corrected chi connectivity index (χ2v) is 20.8. The van der Waals surface area contributed by atoms with Crippen LogP contribution in [-0.2, 0) is 14.4 Å². The van der Waals surface area contributed by atoms with E-state index in [1.54, 1.807) is 59.2 Å². The van der Waals surface area contributed by atoms with Crippen LogP contribution in [0.5, 0.6) is 0 Å². The summed E-state index contributed by atoms with van der Waals surface area (Å²) in [4.78, 5) is 88.8. The molecule has 22 heteroatoms. The van der Waals surface area contributed by atoms with E-state index in [2.05, 4.69) is 47.8 Å². The van der Waals surface area contributed by atoms with Gasteiger partial charge in [-0.15, -0.1) is 0 Å². The zero-order chi connectivity index (χ0) is 56.5. The van der Waals surface area contributed by atoms with Gasteiger partial charge in [0.1, 0.15) is 11.5 Å². The van der Waals surface area contributed by atoms with Crippen LogP contribution >= 0.6 is 0 Å². The summed E-state index contributed by atoms with van der Waals surface area (Å²) in [6.07, 6.45) is 15.8. The maximum Gasteiger partial charge on any atom is 0.308 e. The number of ketones is 1. The Hall–Kier alpha value is -8.69. The largest absolute Gasteiger partial charge is 0.481 e. The van der Waals surface area contributed by atoms with Gasteiger partial charge in [0.2, 0.25) is 5.91 Å². The SMILES string of the molecule is CC(=O)CNC(=O)[C@@H]1CC[C@@H](C)N(C(=O)c2cc(C)ccc2-n2nccn2)C1.Cc1ccc(-n2nccn2)c(C(=O)N2C[C@H](C(=O)O)CC[C@H]2C)c1.Cc1ccc(-n2nccn2)c(C(=O)N2C[C@H](c3ncc(C)o3)CC[C@H]2C)c1. The topological polar surface area (TPSA) is 263 Å². The highest BCUT2D eigenvalue weighted by atomic mass is 16.4. The minimum atomic E-state index is -0.849. The average molecular weight is 1080 g/mol. The molecule has 0 saturated carbocycles. The summed E-state index contributed by atoms with van der Waals surface area (Å²) in [5.41, 5.74) is 6.44. The van der Waals surface area contributed by atoms with Crippen molar-refractivity contribution in [3.05, 3.63) is 143 Å². The lowest BCUT2D eigenvalue weighted by molar-refractivity contribution is -0.143. The van der Waals surface area contributed by atoms with Gasteiger partial charge in [0.05, 0.1) is 101 Å². The number of Topliss-reactive ketones (excluding diaryl/α,β-unsaturated/α-hetero) is 1. The molecule has 3 fully saturated rings. The Morgan fingerprint density at radius 1 is 0.544 bits per heavy atom. The van der Waals surface area contributed by atoms with Gasteiger partial charge in [-0.2, -0.15) is 45.0 Å². The Morgan fingerprint density at radius 3 is 1.30 bits per heavy atom. The van der Waals surface area contributed by atoms with Crippen molar-refractivity contribution < 1.29 is 38.3 Å². The summed E-state index contributed by atoms with van der Waals surface area (Å²) < 4.78 is 5.72. The standard InChI is InChI=1S/C20H25N5O3.C20H23N5O2.C17H20N4O3/c1-13-4-7-18(25-22-8-9-23-25)17(10-13)20(28)24-12-16(6-5-14(24)2)19(27)21-11-15(3)26;1-13-4-7-18(25-22-8-9-23-25)17(10-13)20(26)24-12-16(6-5-14(24)2)19-21-11-15(3)27-19;1-11-3-6-15(21-18-7-8-19-21)14(9-11)16(22)20-10-13(17(23)24)5-4-12(20)2/h4,7-10,14,16H,5-6,11-12H2,1-3H3,(H,21,27);4,7-11,14,16H,5-6,12H2,1-3H3;3,6-9,12-13H,4-5,10H2,1-2H3,(H,23,24)/t2*14-,16-;12-,13-/m111/s1. The zero-order valence-corrected chi connectivity index (χ0v) is 45.9. The van der Waals surface area contributed by atoms with Crippen molar-refractivity contribution in [2.45, 2.75) is 118 Å². The van der Waals surface area contributed by atoms with Gasteiger partial charge in [-0.1, -0.05) is 34.9 Å². The van der Waals surface area contributed by atoms with Crippen molar-refractivity contribution in [2.75, 3.05) is 26.2 Å². The fourth-order valence-corrected chi connectivity index (χ4v) is 10.2. The van der Waals surface area contributed by atoms with Gasteiger partial charge in [-0.25, -0.2) is 4.98 Å². The molecule has 3 aliphatic rings. The van der Waals surface area contributed by atoms with Gasteiger partial charge < -0.3 is 29.5 Å². The zero-order valence-electron chi connectivity index (χ0n) is 45.9. The first-order valence-corrected chi connectivity index (χ1v) is 26.6.